The molecule has 0 aliphatic heterocycles. The number of pyridine rings is 8. The van der Waals surface area contributed by atoms with E-state index in [2.05, 4.69) is 117 Å². The number of aromatic nitrogens is 8. The molecule has 0 aliphatic carbocycles. The van der Waals surface area contributed by atoms with Crippen LogP contribution in [0.2, 0.25) is 0 Å². The Kier molecular flexibility index (Phi) is 9.65. The molecule has 0 unspecified atom stereocenters. The number of hydrogen-bond acceptors (Lipinski definition) is 8. The van der Waals surface area contributed by atoms with E-state index in [9.17, 15) is 0 Å². The van der Waals surface area contributed by atoms with Crippen molar-refractivity contribution in [2.45, 2.75) is 0 Å². The van der Waals surface area contributed by atoms with Crippen LogP contribution in [0.3, 0.4) is 0 Å². The average Bonchev–Trinajstić information content (AvgIpc) is 3.41. The molecule has 8 heterocycles. The van der Waals surface area contributed by atoms with E-state index in [1.165, 1.54) is 32.3 Å². The summed E-state index contributed by atoms with van der Waals surface area (Å²) in [5.74, 6) is 0. The molecule has 12 rings (SSSR count). The summed E-state index contributed by atoms with van der Waals surface area (Å²) >= 11 is 0. The molecule has 0 atom stereocenters. The number of rotatable bonds is 8. The molecule has 8 heteroatoms. The second-order valence-corrected chi connectivity index (χ2v) is 16.1. The SMILES string of the molecule is c1ccc(-c2ccc(-c3ccc(-c4ccc(-c5ccc6c7ccccc7c7ccc(-c8ccc(-c9ccc(-c%10ccc(-c%11ccccn%11)nc%10)nc9)nc8)cc7c6c5)cn4)cn3)cn2)nc1. The molecule has 0 bridgehead atoms. The van der Waals surface area contributed by atoms with Crippen LogP contribution in [0.15, 0.2) is 219 Å². The third-order valence-electron chi connectivity index (χ3n) is 12.1. The van der Waals surface area contributed by atoms with Gasteiger partial charge in [0.25, 0.3) is 0 Å². The molecule has 4 aromatic carbocycles. The van der Waals surface area contributed by atoms with Crippen molar-refractivity contribution in [3.8, 4) is 90.1 Å². The Morgan fingerprint density at radius 2 is 0.470 bits per heavy atom. The van der Waals surface area contributed by atoms with Gasteiger partial charge in [-0.25, -0.2) is 0 Å². The highest BCUT2D eigenvalue weighted by atomic mass is 14.8. The smallest absolute Gasteiger partial charge is 0.0886 e. The summed E-state index contributed by atoms with van der Waals surface area (Å²) in [6, 6.07) is 58.4. The Morgan fingerprint density at radius 3 is 0.788 bits per heavy atom. The van der Waals surface area contributed by atoms with Crippen LogP contribution >= 0.6 is 0 Å². The molecule has 8 aromatic heterocycles. The van der Waals surface area contributed by atoms with Crippen molar-refractivity contribution in [1.82, 2.24) is 39.9 Å². The normalized spacial score (nSPS) is 11.3. The second kappa shape index (κ2) is 16.5. The summed E-state index contributed by atoms with van der Waals surface area (Å²) in [6.45, 7) is 0. The zero-order valence-electron chi connectivity index (χ0n) is 35.4. The minimum Gasteiger partial charge on any atom is -0.256 e. The van der Waals surface area contributed by atoms with Crippen molar-refractivity contribution >= 4 is 32.3 Å². The van der Waals surface area contributed by atoms with E-state index >= 15 is 0 Å². The molecule has 0 N–H and O–H groups in total. The van der Waals surface area contributed by atoms with E-state index in [-0.39, 0.29) is 0 Å². The van der Waals surface area contributed by atoms with E-state index < -0.39 is 0 Å². The first kappa shape index (κ1) is 38.5. The van der Waals surface area contributed by atoms with Gasteiger partial charge in [-0.15, -0.1) is 0 Å². The Balaban J connectivity index is 0.809. The number of fused-ring (bicyclic) bond motifs is 6. The Morgan fingerprint density at radius 1 is 0.182 bits per heavy atom. The van der Waals surface area contributed by atoms with E-state index in [4.69, 9.17) is 19.9 Å². The second-order valence-electron chi connectivity index (χ2n) is 16.1. The van der Waals surface area contributed by atoms with Crippen LogP contribution in [-0.2, 0) is 0 Å². The molecule has 0 amide bonds. The van der Waals surface area contributed by atoms with Crippen LogP contribution < -0.4 is 0 Å². The Labute approximate surface area is 380 Å². The van der Waals surface area contributed by atoms with Crippen molar-refractivity contribution in [2.75, 3.05) is 0 Å². The van der Waals surface area contributed by atoms with Crippen molar-refractivity contribution in [3.05, 3.63) is 219 Å². The van der Waals surface area contributed by atoms with Crippen molar-refractivity contribution in [2.24, 2.45) is 0 Å². The molecule has 66 heavy (non-hydrogen) atoms. The van der Waals surface area contributed by atoms with Gasteiger partial charge in [0, 0.05) is 83.0 Å². The van der Waals surface area contributed by atoms with Gasteiger partial charge in [0.05, 0.1) is 45.6 Å². The van der Waals surface area contributed by atoms with Crippen molar-refractivity contribution in [3.63, 3.8) is 0 Å². The highest BCUT2D eigenvalue weighted by Crippen LogP contribution is 2.39. The summed E-state index contributed by atoms with van der Waals surface area (Å²) in [5.41, 5.74) is 14.8. The highest BCUT2D eigenvalue weighted by molar-refractivity contribution is 6.26. The summed E-state index contributed by atoms with van der Waals surface area (Å²) < 4.78 is 0. The average molecular weight is 845 g/mol. The first-order valence-electron chi connectivity index (χ1n) is 21.7. The summed E-state index contributed by atoms with van der Waals surface area (Å²) in [6.07, 6.45) is 14.9. The summed E-state index contributed by atoms with van der Waals surface area (Å²) in [5, 5.41) is 7.25. The molecular formula is C58H36N8. The fourth-order valence-corrected chi connectivity index (χ4v) is 8.64. The van der Waals surface area contributed by atoms with E-state index in [1.54, 1.807) is 12.4 Å². The van der Waals surface area contributed by atoms with Gasteiger partial charge < -0.3 is 0 Å². The standard InChI is InChI=1S/C58H36N8/c1-2-8-46-45(7-1)47-19-11-37(39-13-21-51(61-31-39)41-15-23-53(63-33-41)43-17-25-57(65-35-43)55-9-3-5-27-59-55)29-49(47)50-30-38(12-20-48(46)50)40-14-22-52(62-32-40)42-16-24-54(64-34-42)44-18-26-58(66-36-44)56-10-4-6-28-60-56/h1-36H. The maximum atomic E-state index is 4.90. The number of benzene rings is 4. The quantitative estimate of drug-likeness (QED) is 0.139. The van der Waals surface area contributed by atoms with Gasteiger partial charge in [-0.3, -0.25) is 39.9 Å². The molecule has 0 aliphatic rings. The van der Waals surface area contributed by atoms with E-state index in [1.807, 2.05) is 110 Å². The highest BCUT2D eigenvalue weighted by Gasteiger charge is 2.14. The lowest BCUT2D eigenvalue weighted by atomic mass is 9.90. The summed E-state index contributed by atoms with van der Waals surface area (Å²) in [7, 11) is 0. The largest absolute Gasteiger partial charge is 0.256 e. The molecule has 0 saturated heterocycles. The van der Waals surface area contributed by atoms with Gasteiger partial charge in [-0.05, 0) is 141 Å². The Hall–Kier alpha value is -9.14. The van der Waals surface area contributed by atoms with Crippen molar-refractivity contribution in [1.29, 1.82) is 0 Å². The molecule has 0 saturated carbocycles. The topological polar surface area (TPSA) is 103 Å². The minimum absolute atomic E-state index is 0.827. The third kappa shape index (κ3) is 7.28. The van der Waals surface area contributed by atoms with Crippen LogP contribution in [-0.4, -0.2) is 39.9 Å². The first-order valence-corrected chi connectivity index (χ1v) is 21.7. The zero-order valence-corrected chi connectivity index (χ0v) is 35.4. The monoisotopic (exact) mass is 844 g/mol. The molecule has 8 nitrogen and oxygen atoms in total. The van der Waals surface area contributed by atoms with Crippen LogP contribution in [0.5, 0.6) is 0 Å². The van der Waals surface area contributed by atoms with Gasteiger partial charge in [-0.1, -0.05) is 72.8 Å². The molecule has 0 fully saturated rings. The van der Waals surface area contributed by atoms with Crippen LogP contribution in [0.25, 0.3) is 122 Å². The van der Waals surface area contributed by atoms with Gasteiger partial charge in [0.2, 0.25) is 0 Å². The number of hydrogen-bond donors (Lipinski definition) is 0. The van der Waals surface area contributed by atoms with Crippen LogP contribution in [0, 0.1) is 0 Å². The molecular weight excluding hydrogens is 809 g/mol. The Bertz CT molecular complexity index is 3430. The lowest BCUT2D eigenvalue weighted by Crippen LogP contribution is -1.91. The maximum Gasteiger partial charge on any atom is 0.0886 e. The lowest BCUT2D eigenvalue weighted by molar-refractivity contribution is 1.23. The molecule has 12 aromatic rings. The van der Waals surface area contributed by atoms with E-state index in [0.29, 0.717) is 0 Å². The van der Waals surface area contributed by atoms with Gasteiger partial charge >= 0.3 is 0 Å². The fourth-order valence-electron chi connectivity index (χ4n) is 8.64. The molecule has 0 radical (unpaired) electrons. The summed E-state index contributed by atoms with van der Waals surface area (Å²) in [4.78, 5) is 37.4. The van der Waals surface area contributed by atoms with Crippen LogP contribution in [0.1, 0.15) is 0 Å². The minimum atomic E-state index is 0.827. The first-order chi connectivity index (χ1) is 32.7. The number of nitrogens with zero attached hydrogens (tertiary/aromatic N) is 8. The molecule has 0 spiro atoms. The molecule has 308 valence electrons. The zero-order chi connectivity index (χ0) is 43.8. The van der Waals surface area contributed by atoms with E-state index in [0.717, 1.165) is 90.1 Å². The van der Waals surface area contributed by atoms with Crippen LogP contribution in [0.4, 0.5) is 0 Å². The van der Waals surface area contributed by atoms with Gasteiger partial charge in [0.1, 0.15) is 0 Å². The van der Waals surface area contributed by atoms with Gasteiger partial charge in [-0.2, -0.15) is 0 Å². The predicted molar refractivity (Wildman–Crippen MR) is 265 cm³/mol. The van der Waals surface area contributed by atoms with Gasteiger partial charge in [0.15, 0.2) is 0 Å². The van der Waals surface area contributed by atoms with Crippen molar-refractivity contribution < 1.29 is 0 Å². The lowest BCUT2D eigenvalue weighted by Gasteiger charge is -2.14. The third-order valence-corrected chi connectivity index (χ3v) is 12.1. The maximum absolute atomic E-state index is 4.90. The fraction of sp³-hybridized carbons (Fsp3) is 0. The predicted octanol–water partition coefficient (Wildman–Crippen LogP) is 13.6.